The third kappa shape index (κ3) is 8.37. The minimum absolute atomic E-state index is 0.0140. The van der Waals surface area contributed by atoms with E-state index in [9.17, 15) is 23.1 Å². The molecule has 0 aliphatic carbocycles. The van der Waals surface area contributed by atoms with E-state index in [1.165, 1.54) is 0 Å². The number of piperidine rings is 1. The lowest BCUT2D eigenvalue weighted by Gasteiger charge is -2.35. The molecule has 1 amide bonds. The van der Waals surface area contributed by atoms with Crippen molar-refractivity contribution in [2.75, 3.05) is 50.0 Å². The van der Waals surface area contributed by atoms with Gasteiger partial charge < -0.3 is 31.1 Å². The van der Waals surface area contributed by atoms with Gasteiger partial charge in [0.05, 0.1) is 5.75 Å². The van der Waals surface area contributed by atoms with Gasteiger partial charge in [0.2, 0.25) is 10.0 Å². The Bertz CT molecular complexity index is 1000. The van der Waals surface area contributed by atoms with E-state index in [0.717, 1.165) is 57.1 Å². The summed E-state index contributed by atoms with van der Waals surface area (Å²) in [5.74, 6) is -1.46. The maximum atomic E-state index is 12.5. The Morgan fingerprint density at radius 1 is 1.23 bits per heavy atom. The number of benzene rings is 1. The number of nitrogens with one attached hydrogen (secondary N) is 4. The molecule has 0 unspecified atom stereocenters. The summed E-state index contributed by atoms with van der Waals surface area (Å²) in [5, 5.41) is 27.3. The van der Waals surface area contributed by atoms with Gasteiger partial charge in [0.1, 0.15) is 6.04 Å². The number of aliphatic hydroxyl groups is 1. The van der Waals surface area contributed by atoms with Gasteiger partial charge in [-0.05, 0) is 49.9 Å². The minimum atomic E-state index is -3.90. The molecule has 0 saturated carbocycles. The Hall–Kier alpha value is -2.90. The van der Waals surface area contributed by atoms with Gasteiger partial charge >= 0.3 is 5.97 Å². The number of hydrogen-bond acceptors (Lipinski definition) is 9. The molecular weight excluding hydrogens is 476 g/mol. The van der Waals surface area contributed by atoms with Gasteiger partial charge in [-0.3, -0.25) is 14.6 Å². The van der Waals surface area contributed by atoms with Gasteiger partial charge in [-0.1, -0.05) is 0 Å². The topological polar surface area (TPSA) is 172 Å². The first-order valence-corrected chi connectivity index (χ1v) is 13.4. The van der Waals surface area contributed by atoms with Gasteiger partial charge in [0.15, 0.2) is 5.96 Å². The zero-order valence-corrected chi connectivity index (χ0v) is 20.4. The number of aliphatic hydroxyl groups excluding tert-OH is 1. The highest BCUT2D eigenvalue weighted by atomic mass is 32.2. The summed E-state index contributed by atoms with van der Waals surface area (Å²) in [5.41, 5.74) is 1.32. The second-order valence-corrected chi connectivity index (χ2v) is 10.5. The van der Waals surface area contributed by atoms with Gasteiger partial charge in [-0.15, -0.1) is 0 Å². The predicted molar refractivity (Wildman–Crippen MR) is 132 cm³/mol. The largest absolute Gasteiger partial charge is 0.480 e. The predicted octanol–water partition coefficient (Wildman–Crippen LogP) is -0.921. The summed E-state index contributed by atoms with van der Waals surface area (Å²) in [6.45, 7) is 2.73. The van der Waals surface area contributed by atoms with Crippen LogP contribution in [0.3, 0.4) is 0 Å². The van der Waals surface area contributed by atoms with E-state index in [2.05, 4.69) is 25.8 Å². The lowest BCUT2D eigenvalue weighted by molar-refractivity contribution is -0.138. The molecule has 2 aliphatic heterocycles. The molecule has 0 aromatic heterocycles. The number of carbonyl (C=O) groups is 2. The minimum Gasteiger partial charge on any atom is -0.480 e. The summed E-state index contributed by atoms with van der Waals surface area (Å²) in [6, 6.07) is 5.78. The van der Waals surface area contributed by atoms with Crippen LogP contribution in [-0.2, 0) is 14.8 Å². The molecule has 1 aromatic rings. The molecule has 12 nitrogen and oxygen atoms in total. The Morgan fingerprint density at radius 2 is 2.00 bits per heavy atom. The first kappa shape index (κ1) is 26.7. The third-order valence-corrected chi connectivity index (χ3v) is 7.28. The molecule has 35 heavy (non-hydrogen) atoms. The zero-order chi connectivity index (χ0) is 25.3. The molecule has 2 atom stereocenters. The van der Waals surface area contributed by atoms with Gasteiger partial charge in [0.25, 0.3) is 5.91 Å². The van der Waals surface area contributed by atoms with Crippen LogP contribution in [-0.4, -0.2) is 93.6 Å². The molecule has 3 rings (SSSR count). The van der Waals surface area contributed by atoms with Crippen LogP contribution in [0.1, 0.15) is 36.0 Å². The SMILES string of the molecule is O=C(NC[C@H](NS(=O)(=O)CCCO)C(=O)O)c1ccc(N2CCC[C@H](NC3=NCCCN3)C2)cc1. The van der Waals surface area contributed by atoms with E-state index in [1.807, 2.05) is 16.9 Å². The zero-order valence-electron chi connectivity index (χ0n) is 19.6. The molecule has 0 bridgehead atoms. The van der Waals surface area contributed by atoms with E-state index in [0.29, 0.717) is 5.56 Å². The molecule has 0 radical (unpaired) electrons. The number of carboxylic acids is 1. The highest BCUT2D eigenvalue weighted by Gasteiger charge is 2.25. The molecule has 6 N–H and O–H groups in total. The molecule has 1 aromatic carbocycles. The Balaban J connectivity index is 1.53. The summed E-state index contributed by atoms with van der Waals surface area (Å²) in [4.78, 5) is 30.7. The average Bonchev–Trinajstić information content (AvgIpc) is 2.86. The molecule has 194 valence electrons. The van der Waals surface area contributed by atoms with Crippen LogP contribution in [0.5, 0.6) is 0 Å². The van der Waals surface area contributed by atoms with Crippen molar-refractivity contribution in [1.82, 2.24) is 20.7 Å². The van der Waals surface area contributed by atoms with Gasteiger partial charge in [-0.2, -0.15) is 4.72 Å². The Labute approximate surface area is 205 Å². The number of sulfonamides is 1. The second kappa shape index (κ2) is 12.7. The summed E-state index contributed by atoms with van der Waals surface area (Å²) in [7, 11) is -3.90. The maximum absolute atomic E-state index is 12.5. The van der Waals surface area contributed by atoms with Crippen molar-refractivity contribution in [1.29, 1.82) is 0 Å². The van der Waals surface area contributed by atoms with E-state index in [-0.39, 0.29) is 19.1 Å². The number of carboxylic acid groups (broad SMARTS) is 1. The summed E-state index contributed by atoms with van der Waals surface area (Å²) >= 11 is 0. The standard InChI is InChI=1S/C22H34N6O6S/c29-12-3-13-35(33,34)27-19(21(31)32)14-25-20(30)16-5-7-18(8-6-16)28-11-1-4-17(15-28)26-22-23-9-2-10-24-22/h5-8,17,19,27,29H,1-4,9-15H2,(H,25,30)(H,31,32)(H2,23,24,26)/t17-,19-/m0/s1. The molecule has 0 spiro atoms. The first-order chi connectivity index (χ1) is 16.8. The average molecular weight is 511 g/mol. The van der Waals surface area contributed by atoms with Crippen LogP contribution >= 0.6 is 0 Å². The van der Waals surface area contributed by atoms with Gasteiger partial charge in [-0.25, -0.2) is 8.42 Å². The second-order valence-electron chi connectivity index (χ2n) is 8.60. The van der Waals surface area contributed by atoms with Crippen molar-refractivity contribution in [3.63, 3.8) is 0 Å². The Kier molecular flexibility index (Phi) is 9.69. The summed E-state index contributed by atoms with van der Waals surface area (Å²) in [6.07, 6.45) is 3.10. The van der Waals surface area contributed by atoms with Crippen LogP contribution in [0.15, 0.2) is 29.3 Å². The fourth-order valence-corrected chi connectivity index (χ4v) is 5.23. The van der Waals surface area contributed by atoms with Crippen LogP contribution in [0.4, 0.5) is 5.69 Å². The fourth-order valence-electron chi connectivity index (χ4n) is 3.98. The van der Waals surface area contributed by atoms with Crippen molar-refractivity contribution < 1.29 is 28.2 Å². The lowest BCUT2D eigenvalue weighted by atomic mass is 10.0. The molecule has 1 saturated heterocycles. The number of carbonyl (C=O) groups excluding carboxylic acids is 1. The van der Waals surface area contributed by atoms with Crippen LogP contribution in [0, 0.1) is 0 Å². The number of amides is 1. The van der Waals surface area contributed by atoms with E-state index >= 15 is 0 Å². The molecular formula is C22H34N6O6S. The number of hydrogen-bond donors (Lipinski definition) is 6. The third-order valence-electron chi connectivity index (χ3n) is 5.81. The lowest BCUT2D eigenvalue weighted by Crippen LogP contribution is -2.52. The normalized spacial score (nSPS) is 19.3. The van der Waals surface area contributed by atoms with E-state index in [1.54, 1.807) is 12.1 Å². The molecule has 2 aliphatic rings. The van der Waals surface area contributed by atoms with Crippen molar-refractivity contribution in [2.45, 2.75) is 37.8 Å². The maximum Gasteiger partial charge on any atom is 0.323 e. The van der Waals surface area contributed by atoms with E-state index < -0.39 is 40.2 Å². The van der Waals surface area contributed by atoms with Crippen molar-refractivity contribution >= 4 is 33.5 Å². The number of anilines is 1. The summed E-state index contributed by atoms with van der Waals surface area (Å²) < 4.78 is 25.9. The van der Waals surface area contributed by atoms with Crippen molar-refractivity contribution in [3.8, 4) is 0 Å². The monoisotopic (exact) mass is 510 g/mol. The highest BCUT2D eigenvalue weighted by molar-refractivity contribution is 7.89. The molecule has 2 heterocycles. The quantitative estimate of drug-likeness (QED) is 0.220. The van der Waals surface area contributed by atoms with Crippen LogP contribution < -0.4 is 25.6 Å². The number of aliphatic imine (C=N–C) groups is 1. The van der Waals surface area contributed by atoms with Gasteiger partial charge in [0, 0.05) is 56.6 Å². The van der Waals surface area contributed by atoms with Crippen molar-refractivity contribution in [3.05, 3.63) is 29.8 Å². The smallest absolute Gasteiger partial charge is 0.323 e. The number of rotatable bonds is 11. The van der Waals surface area contributed by atoms with Crippen LogP contribution in [0.25, 0.3) is 0 Å². The number of guanidine groups is 1. The first-order valence-electron chi connectivity index (χ1n) is 11.8. The van der Waals surface area contributed by atoms with Crippen LogP contribution in [0.2, 0.25) is 0 Å². The fraction of sp³-hybridized carbons (Fsp3) is 0.591. The number of nitrogens with zero attached hydrogens (tertiary/aromatic N) is 2. The molecule has 13 heteroatoms. The van der Waals surface area contributed by atoms with E-state index in [4.69, 9.17) is 5.11 Å². The molecule has 1 fully saturated rings. The highest BCUT2D eigenvalue weighted by Crippen LogP contribution is 2.21. The Morgan fingerprint density at radius 3 is 2.66 bits per heavy atom. The van der Waals surface area contributed by atoms with Crippen molar-refractivity contribution in [2.24, 2.45) is 4.99 Å². The number of aliphatic carboxylic acids is 1.